The van der Waals surface area contributed by atoms with Gasteiger partial charge >= 0.3 is 0 Å². The van der Waals surface area contributed by atoms with Gasteiger partial charge in [0.05, 0.1) is 0 Å². The number of aromatic amines is 1. The highest BCUT2D eigenvalue weighted by Gasteiger charge is 2.23. The van der Waals surface area contributed by atoms with Gasteiger partial charge in [-0.2, -0.15) is 0 Å². The summed E-state index contributed by atoms with van der Waals surface area (Å²) in [5.41, 5.74) is 1.81. The second-order valence-corrected chi connectivity index (χ2v) is 6.36. The number of halogens is 2. The van der Waals surface area contributed by atoms with Crippen molar-refractivity contribution in [3.63, 3.8) is 0 Å². The fraction of sp³-hybridized carbons (Fsp3) is 0.444. The van der Waals surface area contributed by atoms with Crippen LogP contribution in [0.15, 0.2) is 29.3 Å². The second-order valence-electron chi connectivity index (χ2n) is 6.36. The molecular weight excluding hydrogens is 389 g/mol. The van der Waals surface area contributed by atoms with E-state index in [0.29, 0.717) is 36.5 Å². The summed E-state index contributed by atoms with van der Waals surface area (Å²) in [4.78, 5) is 38.1. The number of hydrogen-bond acceptors (Lipinski definition) is 5. The molecular formula is C18H25Cl2N5O2. The van der Waals surface area contributed by atoms with E-state index in [0.717, 1.165) is 18.7 Å². The smallest absolute Gasteiger partial charge is 0.254 e. The maximum absolute atomic E-state index is 12.5. The van der Waals surface area contributed by atoms with Gasteiger partial charge in [-0.1, -0.05) is 0 Å². The van der Waals surface area contributed by atoms with Gasteiger partial charge in [-0.25, -0.2) is 4.98 Å². The molecule has 1 amide bonds. The lowest BCUT2D eigenvalue weighted by Crippen LogP contribution is -2.52. The van der Waals surface area contributed by atoms with Crippen LogP contribution in [-0.2, 0) is 11.2 Å². The zero-order chi connectivity index (χ0) is 17.8. The number of aromatic nitrogens is 3. The Morgan fingerprint density at radius 2 is 2.15 bits per heavy atom. The lowest BCUT2D eigenvalue weighted by atomic mass is 10.1. The summed E-state index contributed by atoms with van der Waals surface area (Å²) in [6, 6.07) is 3.83. The zero-order valence-electron chi connectivity index (χ0n) is 15.4. The molecule has 1 atom stereocenters. The van der Waals surface area contributed by atoms with E-state index in [9.17, 15) is 9.59 Å². The number of pyridine rings is 1. The van der Waals surface area contributed by atoms with E-state index < -0.39 is 0 Å². The normalized spacial score (nSPS) is 16.2. The summed E-state index contributed by atoms with van der Waals surface area (Å²) < 4.78 is 0. The second kappa shape index (κ2) is 10.4. The molecule has 0 spiro atoms. The molecule has 0 bridgehead atoms. The molecule has 1 aliphatic rings. The van der Waals surface area contributed by atoms with E-state index in [1.165, 1.54) is 0 Å². The highest BCUT2D eigenvalue weighted by atomic mass is 35.5. The van der Waals surface area contributed by atoms with Crippen LogP contribution >= 0.6 is 24.8 Å². The Bertz CT molecular complexity index is 813. The Balaban J connectivity index is 0.00000182. The minimum Gasteiger partial charge on any atom is -0.337 e. The quantitative estimate of drug-likeness (QED) is 0.796. The van der Waals surface area contributed by atoms with Gasteiger partial charge in [0.1, 0.15) is 5.82 Å². The van der Waals surface area contributed by atoms with Gasteiger partial charge in [0.15, 0.2) is 0 Å². The van der Waals surface area contributed by atoms with Crippen molar-refractivity contribution in [3.8, 4) is 11.4 Å². The van der Waals surface area contributed by atoms with E-state index in [-0.39, 0.29) is 42.3 Å². The number of H-pyrrole nitrogens is 1. The van der Waals surface area contributed by atoms with Crippen LogP contribution in [0.3, 0.4) is 0 Å². The minimum atomic E-state index is -0.187. The van der Waals surface area contributed by atoms with Crippen molar-refractivity contribution < 1.29 is 4.79 Å². The van der Waals surface area contributed by atoms with Crippen molar-refractivity contribution in [1.82, 2.24) is 25.2 Å². The molecule has 148 valence electrons. The lowest BCUT2D eigenvalue weighted by Gasteiger charge is -2.34. The van der Waals surface area contributed by atoms with Crippen molar-refractivity contribution in [2.45, 2.75) is 32.7 Å². The number of carbonyl (C=O) groups is 1. The third-order valence-corrected chi connectivity index (χ3v) is 4.57. The number of nitrogens with one attached hydrogen (secondary N) is 2. The van der Waals surface area contributed by atoms with Crippen LogP contribution in [0.1, 0.15) is 24.6 Å². The number of aryl methyl sites for hydroxylation is 1. The fourth-order valence-electron chi connectivity index (χ4n) is 3.13. The largest absolute Gasteiger partial charge is 0.337 e. The number of hydrogen-bond donors (Lipinski definition) is 2. The van der Waals surface area contributed by atoms with Crippen LogP contribution in [0, 0.1) is 6.92 Å². The summed E-state index contributed by atoms with van der Waals surface area (Å²) in [7, 11) is 0. The first-order chi connectivity index (χ1) is 12.1. The van der Waals surface area contributed by atoms with Crippen molar-refractivity contribution >= 4 is 30.7 Å². The lowest BCUT2D eigenvalue weighted by molar-refractivity contribution is -0.133. The topological polar surface area (TPSA) is 91.0 Å². The predicted octanol–water partition coefficient (Wildman–Crippen LogP) is 1.74. The van der Waals surface area contributed by atoms with Crippen LogP contribution in [0.5, 0.6) is 0 Å². The van der Waals surface area contributed by atoms with Crippen molar-refractivity contribution in [3.05, 3.63) is 46.1 Å². The third kappa shape index (κ3) is 5.51. The molecule has 1 unspecified atom stereocenters. The van der Waals surface area contributed by atoms with E-state index in [1.807, 2.05) is 24.8 Å². The molecule has 2 aromatic rings. The first-order valence-electron chi connectivity index (χ1n) is 8.56. The standard InChI is InChI=1S/C18H23N5O2.2ClH/c1-12-10-20-8-9-23(12)16(24)6-5-15-13(2)21-17(22-18(15)25)14-4-3-7-19-11-14;;/h3-4,7,11-12,20H,5-6,8-10H2,1-2H3,(H,21,22,25);2*1H. The Morgan fingerprint density at radius 1 is 1.37 bits per heavy atom. The van der Waals surface area contributed by atoms with Gasteiger partial charge in [0.2, 0.25) is 5.91 Å². The number of carbonyl (C=O) groups excluding carboxylic acids is 1. The van der Waals surface area contributed by atoms with Gasteiger partial charge in [0, 0.05) is 61.3 Å². The summed E-state index contributed by atoms with van der Waals surface area (Å²) in [5, 5.41) is 3.27. The van der Waals surface area contributed by atoms with Crippen LogP contribution in [-0.4, -0.2) is 51.4 Å². The third-order valence-electron chi connectivity index (χ3n) is 4.57. The Morgan fingerprint density at radius 3 is 2.78 bits per heavy atom. The van der Waals surface area contributed by atoms with Crippen molar-refractivity contribution in [1.29, 1.82) is 0 Å². The first kappa shape index (κ1) is 23.1. The molecule has 27 heavy (non-hydrogen) atoms. The SMILES string of the molecule is Cc1nc(-c2cccnc2)[nH]c(=O)c1CCC(=O)N1CCNCC1C.Cl.Cl. The highest BCUT2D eigenvalue weighted by Crippen LogP contribution is 2.14. The Labute approximate surface area is 170 Å². The predicted molar refractivity (Wildman–Crippen MR) is 110 cm³/mol. The molecule has 0 aliphatic carbocycles. The van der Waals surface area contributed by atoms with E-state index in [1.54, 1.807) is 18.5 Å². The van der Waals surface area contributed by atoms with Crippen molar-refractivity contribution in [2.75, 3.05) is 19.6 Å². The van der Waals surface area contributed by atoms with Gasteiger partial charge in [0.25, 0.3) is 5.56 Å². The molecule has 1 saturated heterocycles. The monoisotopic (exact) mass is 413 g/mol. The molecule has 1 fully saturated rings. The number of amides is 1. The molecule has 2 aromatic heterocycles. The minimum absolute atomic E-state index is 0. The molecule has 3 rings (SSSR count). The van der Waals surface area contributed by atoms with Gasteiger partial charge in [-0.15, -0.1) is 24.8 Å². The van der Waals surface area contributed by atoms with Crippen LogP contribution in [0.25, 0.3) is 11.4 Å². The number of nitrogens with zero attached hydrogens (tertiary/aromatic N) is 3. The molecule has 0 aromatic carbocycles. The zero-order valence-corrected chi connectivity index (χ0v) is 17.0. The van der Waals surface area contributed by atoms with E-state index in [2.05, 4.69) is 20.3 Å². The summed E-state index contributed by atoms with van der Waals surface area (Å²) in [6.07, 6.45) is 4.05. The van der Waals surface area contributed by atoms with Crippen LogP contribution < -0.4 is 10.9 Å². The molecule has 7 nitrogen and oxygen atoms in total. The Kier molecular flexibility index (Phi) is 8.88. The van der Waals surface area contributed by atoms with E-state index in [4.69, 9.17) is 0 Å². The number of rotatable bonds is 4. The first-order valence-corrected chi connectivity index (χ1v) is 8.56. The molecule has 3 heterocycles. The van der Waals surface area contributed by atoms with Crippen molar-refractivity contribution in [2.24, 2.45) is 0 Å². The summed E-state index contributed by atoms with van der Waals surface area (Å²) >= 11 is 0. The molecule has 9 heteroatoms. The van der Waals surface area contributed by atoms with Crippen LogP contribution in [0.2, 0.25) is 0 Å². The molecule has 0 saturated carbocycles. The Hall–Kier alpha value is -1.96. The number of piperazine rings is 1. The average Bonchev–Trinajstić information content (AvgIpc) is 2.62. The summed E-state index contributed by atoms with van der Waals surface area (Å²) in [6.45, 7) is 6.19. The van der Waals surface area contributed by atoms with Gasteiger partial charge in [-0.3, -0.25) is 14.6 Å². The fourth-order valence-corrected chi connectivity index (χ4v) is 3.13. The molecule has 0 radical (unpaired) electrons. The van der Waals surface area contributed by atoms with Crippen LogP contribution in [0.4, 0.5) is 0 Å². The summed E-state index contributed by atoms with van der Waals surface area (Å²) in [5.74, 6) is 0.588. The van der Waals surface area contributed by atoms with E-state index >= 15 is 0 Å². The van der Waals surface area contributed by atoms with Gasteiger partial charge in [-0.05, 0) is 32.4 Å². The molecule has 1 aliphatic heterocycles. The average molecular weight is 414 g/mol. The highest BCUT2D eigenvalue weighted by molar-refractivity contribution is 5.85. The maximum Gasteiger partial charge on any atom is 0.254 e. The van der Waals surface area contributed by atoms with Gasteiger partial charge < -0.3 is 15.2 Å². The molecule has 2 N–H and O–H groups in total. The maximum atomic E-state index is 12.5.